The van der Waals surface area contributed by atoms with Gasteiger partial charge in [-0.05, 0) is 37.6 Å². The van der Waals surface area contributed by atoms with Gasteiger partial charge in [-0.25, -0.2) is 4.39 Å². The number of aryl methyl sites for hydroxylation is 1. The minimum atomic E-state index is -0.914. The van der Waals surface area contributed by atoms with Crippen LogP contribution < -0.4 is 4.74 Å². The molecule has 0 spiro atoms. The Labute approximate surface area is 135 Å². The molecule has 0 radical (unpaired) electrons. The highest BCUT2D eigenvalue weighted by Gasteiger charge is 2.34. The van der Waals surface area contributed by atoms with Crippen LogP contribution in [0.3, 0.4) is 0 Å². The lowest BCUT2D eigenvalue weighted by atomic mass is 9.93. The summed E-state index contributed by atoms with van der Waals surface area (Å²) >= 11 is 0. The highest BCUT2D eigenvalue weighted by molar-refractivity contribution is 5.22. The first-order valence-corrected chi connectivity index (χ1v) is 7.84. The number of hydrogen-bond acceptors (Lipinski definition) is 4. The predicted molar refractivity (Wildman–Crippen MR) is 84.6 cm³/mol. The maximum atomic E-state index is 13.2. The Balaban J connectivity index is 1.59. The van der Waals surface area contributed by atoms with E-state index in [1.54, 1.807) is 18.3 Å². The molecule has 1 N–H and O–H groups in total. The van der Waals surface area contributed by atoms with Crippen molar-refractivity contribution in [1.29, 1.82) is 0 Å². The van der Waals surface area contributed by atoms with Gasteiger partial charge in [0.25, 0.3) is 0 Å². The first-order chi connectivity index (χ1) is 11.0. The summed E-state index contributed by atoms with van der Waals surface area (Å²) in [6.07, 6.45) is 3.36. The molecule has 6 heteroatoms. The molecule has 0 unspecified atom stereocenters. The Bertz CT molecular complexity index is 661. The molecule has 1 atom stereocenters. The molecule has 2 aromatic rings. The van der Waals surface area contributed by atoms with Crippen molar-refractivity contribution < 1.29 is 14.2 Å². The zero-order valence-corrected chi connectivity index (χ0v) is 13.3. The van der Waals surface area contributed by atoms with E-state index in [2.05, 4.69) is 10.00 Å². The van der Waals surface area contributed by atoms with Crippen molar-refractivity contribution in [3.8, 4) is 5.75 Å². The van der Waals surface area contributed by atoms with Gasteiger partial charge >= 0.3 is 0 Å². The lowest BCUT2D eigenvalue weighted by Gasteiger charge is -2.38. The van der Waals surface area contributed by atoms with Gasteiger partial charge in [0, 0.05) is 32.4 Å². The highest BCUT2D eigenvalue weighted by atomic mass is 19.1. The SMILES string of the molecule is Cn1nccc1CN1CCC[C@@](O)(COc2cccc(F)c2)C1. The van der Waals surface area contributed by atoms with Crippen molar-refractivity contribution >= 4 is 0 Å². The summed E-state index contributed by atoms with van der Waals surface area (Å²) in [7, 11) is 1.92. The van der Waals surface area contributed by atoms with Gasteiger partial charge in [0.05, 0.1) is 5.69 Å². The number of ether oxygens (including phenoxy) is 1. The van der Waals surface area contributed by atoms with E-state index in [1.807, 2.05) is 17.8 Å². The lowest BCUT2D eigenvalue weighted by Crippen LogP contribution is -2.51. The van der Waals surface area contributed by atoms with Gasteiger partial charge in [-0.3, -0.25) is 9.58 Å². The van der Waals surface area contributed by atoms with E-state index < -0.39 is 5.60 Å². The number of rotatable bonds is 5. The minimum Gasteiger partial charge on any atom is -0.490 e. The Kier molecular flexibility index (Phi) is 4.63. The van der Waals surface area contributed by atoms with Crippen LogP contribution in [0.15, 0.2) is 36.5 Å². The Morgan fingerprint density at radius 2 is 2.26 bits per heavy atom. The average molecular weight is 319 g/mol. The zero-order chi connectivity index (χ0) is 16.3. The van der Waals surface area contributed by atoms with E-state index in [4.69, 9.17) is 4.74 Å². The predicted octanol–water partition coefficient (Wildman–Crippen LogP) is 1.97. The van der Waals surface area contributed by atoms with Crippen molar-refractivity contribution in [3.05, 3.63) is 48.0 Å². The maximum Gasteiger partial charge on any atom is 0.126 e. The third kappa shape index (κ3) is 4.09. The molecule has 1 aromatic heterocycles. The van der Waals surface area contributed by atoms with Crippen molar-refractivity contribution in [1.82, 2.24) is 14.7 Å². The van der Waals surface area contributed by atoms with Crippen LogP contribution in [0.25, 0.3) is 0 Å². The van der Waals surface area contributed by atoms with Crippen molar-refractivity contribution in [3.63, 3.8) is 0 Å². The van der Waals surface area contributed by atoms with Gasteiger partial charge in [-0.15, -0.1) is 0 Å². The number of benzene rings is 1. The summed E-state index contributed by atoms with van der Waals surface area (Å²) in [6.45, 7) is 2.39. The first kappa shape index (κ1) is 16.0. The molecule has 23 heavy (non-hydrogen) atoms. The Morgan fingerprint density at radius 3 is 3.00 bits per heavy atom. The molecule has 2 heterocycles. The summed E-state index contributed by atoms with van der Waals surface area (Å²) in [5.74, 6) is 0.109. The lowest BCUT2D eigenvalue weighted by molar-refractivity contribution is -0.0625. The molecule has 1 aliphatic heterocycles. The second kappa shape index (κ2) is 6.68. The summed E-state index contributed by atoms with van der Waals surface area (Å²) < 4.78 is 20.6. The molecule has 3 rings (SSSR count). The molecule has 124 valence electrons. The van der Waals surface area contributed by atoms with E-state index in [0.717, 1.165) is 25.2 Å². The number of hydrogen-bond donors (Lipinski definition) is 1. The van der Waals surface area contributed by atoms with E-state index in [9.17, 15) is 9.50 Å². The molecule has 0 bridgehead atoms. The second-order valence-corrected chi connectivity index (χ2v) is 6.23. The highest BCUT2D eigenvalue weighted by Crippen LogP contribution is 2.24. The van der Waals surface area contributed by atoms with Crippen molar-refractivity contribution in [2.75, 3.05) is 19.7 Å². The van der Waals surface area contributed by atoms with Gasteiger partial charge in [0.15, 0.2) is 0 Å². The zero-order valence-electron chi connectivity index (χ0n) is 13.3. The third-order valence-corrected chi connectivity index (χ3v) is 4.25. The van der Waals surface area contributed by atoms with E-state index >= 15 is 0 Å². The van der Waals surface area contributed by atoms with Gasteiger partial charge in [-0.1, -0.05) is 6.07 Å². The van der Waals surface area contributed by atoms with Crippen LogP contribution >= 0.6 is 0 Å². The van der Waals surface area contributed by atoms with E-state index in [0.29, 0.717) is 18.7 Å². The fourth-order valence-electron chi connectivity index (χ4n) is 3.02. The number of likely N-dealkylation sites (tertiary alicyclic amines) is 1. The standard InChI is InChI=1S/C17H22FN3O2/c1-20-15(6-8-19-20)11-21-9-3-7-17(22,12-21)13-23-16-5-2-4-14(18)10-16/h2,4-6,8,10,22H,3,7,9,11-13H2,1H3/t17-/m0/s1. The van der Waals surface area contributed by atoms with Crippen LogP contribution in [0.5, 0.6) is 5.75 Å². The smallest absolute Gasteiger partial charge is 0.126 e. The largest absolute Gasteiger partial charge is 0.490 e. The van der Waals surface area contributed by atoms with Crippen LogP contribution in [0.1, 0.15) is 18.5 Å². The molecule has 0 saturated carbocycles. The van der Waals surface area contributed by atoms with Crippen molar-refractivity contribution in [2.24, 2.45) is 7.05 Å². The summed E-state index contributed by atoms with van der Waals surface area (Å²) in [6, 6.07) is 7.99. The van der Waals surface area contributed by atoms with E-state index in [1.165, 1.54) is 12.1 Å². The number of halogens is 1. The number of piperidine rings is 1. The van der Waals surface area contributed by atoms with Gasteiger partial charge in [0.1, 0.15) is 23.8 Å². The fourth-order valence-corrected chi connectivity index (χ4v) is 3.02. The van der Waals surface area contributed by atoms with Crippen molar-refractivity contribution in [2.45, 2.75) is 25.0 Å². The molecule has 1 aliphatic rings. The molecule has 1 fully saturated rings. The number of aromatic nitrogens is 2. The Hall–Kier alpha value is -1.92. The van der Waals surface area contributed by atoms with Gasteiger partial charge in [-0.2, -0.15) is 5.10 Å². The number of nitrogens with zero attached hydrogens (tertiary/aromatic N) is 3. The van der Waals surface area contributed by atoms with E-state index in [-0.39, 0.29) is 12.4 Å². The maximum absolute atomic E-state index is 13.2. The molecular weight excluding hydrogens is 297 g/mol. The van der Waals surface area contributed by atoms with Gasteiger partial charge in [0.2, 0.25) is 0 Å². The quantitative estimate of drug-likeness (QED) is 0.915. The fraction of sp³-hybridized carbons (Fsp3) is 0.471. The van der Waals surface area contributed by atoms with Crippen LogP contribution in [-0.2, 0) is 13.6 Å². The molecule has 1 aromatic carbocycles. The van der Waals surface area contributed by atoms with Crippen LogP contribution in [-0.4, -0.2) is 45.1 Å². The van der Waals surface area contributed by atoms with Gasteiger partial charge < -0.3 is 9.84 Å². The third-order valence-electron chi connectivity index (χ3n) is 4.25. The molecular formula is C17H22FN3O2. The normalized spacial score (nSPS) is 22.2. The molecule has 5 nitrogen and oxygen atoms in total. The average Bonchev–Trinajstić information content (AvgIpc) is 2.91. The monoisotopic (exact) mass is 319 g/mol. The van der Waals surface area contributed by atoms with Crippen LogP contribution in [0.4, 0.5) is 4.39 Å². The first-order valence-electron chi connectivity index (χ1n) is 7.84. The second-order valence-electron chi connectivity index (χ2n) is 6.23. The Morgan fingerprint density at radius 1 is 1.39 bits per heavy atom. The van der Waals surface area contributed by atoms with Crippen LogP contribution in [0, 0.1) is 5.82 Å². The number of aliphatic hydroxyl groups is 1. The molecule has 1 saturated heterocycles. The summed E-state index contributed by atoms with van der Waals surface area (Å²) in [5.41, 5.74) is 0.198. The topological polar surface area (TPSA) is 50.5 Å². The number of β-amino-alcohol motifs (C(OH)–C–C–N with tert-alkyl or cyclic N) is 1. The minimum absolute atomic E-state index is 0.165. The van der Waals surface area contributed by atoms with Crippen LogP contribution in [0.2, 0.25) is 0 Å². The summed E-state index contributed by atoms with van der Waals surface area (Å²) in [4.78, 5) is 2.20. The molecule has 0 aliphatic carbocycles. The molecule has 0 amide bonds. The summed E-state index contributed by atoms with van der Waals surface area (Å²) in [5, 5.41) is 15.0.